The Balaban J connectivity index is 0.00000242. The molecule has 0 aromatic rings. The van der Waals surface area contributed by atoms with E-state index in [0.29, 0.717) is 0 Å². The third-order valence-corrected chi connectivity index (χ3v) is 5.35. The number of hydrogen-bond acceptors (Lipinski definition) is 3. The number of nitrogens with zero attached hydrogens (tertiary/aromatic N) is 2. The first kappa shape index (κ1) is 23.0. The molecule has 0 radical (unpaired) electrons. The molecule has 23 heavy (non-hydrogen) atoms. The van der Waals surface area contributed by atoms with Gasteiger partial charge in [-0.3, -0.25) is 9.69 Å². The van der Waals surface area contributed by atoms with Crippen LogP contribution in [-0.2, 0) is 4.79 Å². The highest BCUT2D eigenvalue weighted by Gasteiger charge is 2.33. The van der Waals surface area contributed by atoms with Crippen molar-refractivity contribution in [1.29, 1.82) is 0 Å². The van der Waals surface area contributed by atoms with Crippen molar-refractivity contribution in [2.75, 3.05) is 26.2 Å². The normalized spacial score (nSPS) is 26.4. The molecule has 0 bridgehead atoms. The fourth-order valence-corrected chi connectivity index (χ4v) is 3.83. The summed E-state index contributed by atoms with van der Waals surface area (Å²) in [5, 5.41) is 0. The minimum absolute atomic E-state index is 0. The lowest BCUT2D eigenvalue weighted by molar-refractivity contribution is -0.138. The average molecular weight is 368 g/mol. The molecule has 0 unspecified atom stereocenters. The molecule has 2 aliphatic rings. The summed E-state index contributed by atoms with van der Waals surface area (Å²) in [7, 11) is 0. The van der Waals surface area contributed by atoms with Gasteiger partial charge < -0.3 is 10.6 Å². The van der Waals surface area contributed by atoms with Crippen LogP contribution in [0.4, 0.5) is 0 Å². The molecule has 6 heteroatoms. The second kappa shape index (κ2) is 9.45. The summed E-state index contributed by atoms with van der Waals surface area (Å²) < 4.78 is 0. The summed E-state index contributed by atoms with van der Waals surface area (Å²) in [6.45, 7) is 12.0. The third-order valence-electron chi connectivity index (χ3n) is 5.35. The van der Waals surface area contributed by atoms with Gasteiger partial charge in [0.05, 0.1) is 5.54 Å². The molecule has 2 rings (SSSR count). The van der Waals surface area contributed by atoms with Gasteiger partial charge in [-0.05, 0) is 51.4 Å². The first-order chi connectivity index (χ1) is 9.79. The maximum Gasteiger partial charge on any atom is 0.242 e. The van der Waals surface area contributed by atoms with Crippen LogP contribution >= 0.6 is 24.8 Å². The molecule has 138 valence electrons. The fourth-order valence-electron chi connectivity index (χ4n) is 3.83. The Labute approximate surface area is 154 Å². The van der Waals surface area contributed by atoms with Crippen LogP contribution in [0.1, 0.15) is 53.4 Å². The average Bonchev–Trinajstić information content (AvgIpc) is 2.46. The number of amides is 1. The third kappa shape index (κ3) is 6.08. The Kier molecular flexibility index (Phi) is 9.44. The second-order valence-electron chi connectivity index (χ2n) is 7.86. The maximum absolute atomic E-state index is 12.2. The summed E-state index contributed by atoms with van der Waals surface area (Å²) in [4.78, 5) is 16.7. The Bertz CT molecular complexity index is 355. The predicted molar refractivity (Wildman–Crippen MR) is 101 cm³/mol. The van der Waals surface area contributed by atoms with Gasteiger partial charge in [0.2, 0.25) is 5.91 Å². The van der Waals surface area contributed by atoms with E-state index in [9.17, 15) is 4.79 Å². The lowest BCUT2D eigenvalue weighted by atomic mass is 9.79. The molecule has 1 heterocycles. The van der Waals surface area contributed by atoms with Crippen LogP contribution in [0.25, 0.3) is 0 Å². The minimum atomic E-state index is -0.739. The molecule has 1 aliphatic heterocycles. The number of carbonyl (C=O) groups excluding carboxylic acids is 1. The molecule has 0 aromatic heterocycles. The Morgan fingerprint density at radius 2 is 1.48 bits per heavy atom. The van der Waals surface area contributed by atoms with Gasteiger partial charge in [-0.2, -0.15) is 0 Å². The summed E-state index contributed by atoms with van der Waals surface area (Å²) in [5.41, 5.74) is 5.19. The highest BCUT2D eigenvalue weighted by atomic mass is 35.5. The first-order valence-corrected chi connectivity index (χ1v) is 8.61. The van der Waals surface area contributed by atoms with E-state index in [-0.39, 0.29) is 30.7 Å². The zero-order valence-electron chi connectivity index (χ0n) is 15.1. The fraction of sp³-hybridized carbons (Fsp3) is 0.941. The van der Waals surface area contributed by atoms with Gasteiger partial charge >= 0.3 is 0 Å². The van der Waals surface area contributed by atoms with Crippen LogP contribution in [0.15, 0.2) is 0 Å². The van der Waals surface area contributed by atoms with Crippen molar-refractivity contribution in [2.24, 2.45) is 17.6 Å². The summed E-state index contributed by atoms with van der Waals surface area (Å²) in [6, 6.07) is 0.739. The predicted octanol–water partition coefficient (Wildman–Crippen LogP) is 2.93. The second-order valence-corrected chi connectivity index (χ2v) is 7.86. The highest BCUT2D eigenvalue weighted by molar-refractivity contribution is 5.86. The van der Waals surface area contributed by atoms with Crippen molar-refractivity contribution in [2.45, 2.75) is 65.0 Å². The molecule has 2 fully saturated rings. The number of rotatable bonds is 3. The van der Waals surface area contributed by atoms with Crippen molar-refractivity contribution >= 4 is 30.7 Å². The van der Waals surface area contributed by atoms with Crippen LogP contribution in [-0.4, -0.2) is 53.5 Å². The molecule has 1 aliphatic carbocycles. The lowest BCUT2D eigenvalue weighted by Crippen LogP contribution is -2.58. The molecule has 0 atom stereocenters. The Morgan fingerprint density at radius 3 is 1.87 bits per heavy atom. The van der Waals surface area contributed by atoms with Crippen molar-refractivity contribution in [3.05, 3.63) is 0 Å². The van der Waals surface area contributed by atoms with E-state index in [0.717, 1.165) is 44.1 Å². The molecular formula is C17H35Cl2N3O. The van der Waals surface area contributed by atoms with Crippen LogP contribution in [0.3, 0.4) is 0 Å². The molecule has 4 nitrogen and oxygen atoms in total. The van der Waals surface area contributed by atoms with Crippen LogP contribution in [0, 0.1) is 11.8 Å². The molecule has 1 saturated heterocycles. The van der Waals surface area contributed by atoms with Gasteiger partial charge in [0, 0.05) is 32.2 Å². The lowest BCUT2D eigenvalue weighted by Gasteiger charge is -2.43. The largest absolute Gasteiger partial charge is 0.339 e. The number of carbonyl (C=O) groups is 1. The van der Waals surface area contributed by atoms with Crippen molar-refractivity contribution in [3.8, 4) is 0 Å². The number of piperazine rings is 1. The zero-order chi connectivity index (χ0) is 15.6. The standard InChI is InChI=1S/C17H33N3O.2ClH/c1-13(2)14-5-7-15(8-6-14)19-9-11-20(12-10-19)16(21)17(3,4)18;;/h13-15H,5-12,18H2,1-4H3;2*1H. The van der Waals surface area contributed by atoms with Gasteiger partial charge in [0.15, 0.2) is 0 Å². The minimum Gasteiger partial charge on any atom is -0.339 e. The van der Waals surface area contributed by atoms with Gasteiger partial charge in [-0.1, -0.05) is 13.8 Å². The van der Waals surface area contributed by atoms with Gasteiger partial charge in [-0.15, -0.1) is 24.8 Å². The van der Waals surface area contributed by atoms with E-state index in [1.165, 1.54) is 25.7 Å². The number of hydrogen-bond donors (Lipinski definition) is 1. The first-order valence-electron chi connectivity index (χ1n) is 8.61. The van der Waals surface area contributed by atoms with Crippen molar-refractivity contribution < 1.29 is 4.79 Å². The Hall–Kier alpha value is -0.0300. The van der Waals surface area contributed by atoms with E-state index in [1.54, 1.807) is 13.8 Å². The van der Waals surface area contributed by atoms with E-state index < -0.39 is 5.54 Å². The highest BCUT2D eigenvalue weighted by Crippen LogP contribution is 2.32. The van der Waals surface area contributed by atoms with E-state index >= 15 is 0 Å². The molecule has 1 saturated carbocycles. The van der Waals surface area contributed by atoms with Gasteiger partial charge in [0.25, 0.3) is 0 Å². The maximum atomic E-state index is 12.2. The Morgan fingerprint density at radius 1 is 1.00 bits per heavy atom. The SMILES string of the molecule is CC(C)C1CCC(N2CCN(C(=O)C(C)(C)N)CC2)CC1.Cl.Cl. The van der Waals surface area contributed by atoms with E-state index in [1.807, 2.05) is 4.90 Å². The summed E-state index contributed by atoms with van der Waals surface area (Å²) >= 11 is 0. The van der Waals surface area contributed by atoms with Gasteiger partial charge in [0.1, 0.15) is 0 Å². The van der Waals surface area contributed by atoms with E-state index in [4.69, 9.17) is 5.73 Å². The molecule has 2 N–H and O–H groups in total. The topological polar surface area (TPSA) is 49.6 Å². The summed E-state index contributed by atoms with van der Waals surface area (Å²) in [5.74, 6) is 1.83. The van der Waals surface area contributed by atoms with Crippen LogP contribution in [0.2, 0.25) is 0 Å². The van der Waals surface area contributed by atoms with Gasteiger partial charge in [-0.25, -0.2) is 0 Å². The molecular weight excluding hydrogens is 333 g/mol. The van der Waals surface area contributed by atoms with Crippen LogP contribution < -0.4 is 5.73 Å². The number of halogens is 2. The monoisotopic (exact) mass is 367 g/mol. The van der Waals surface area contributed by atoms with E-state index in [2.05, 4.69) is 18.7 Å². The van der Waals surface area contributed by atoms with Crippen LogP contribution in [0.5, 0.6) is 0 Å². The van der Waals surface area contributed by atoms with Crippen molar-refractivity contribution in [3.63, 3.8) is 0 Å². The zero-order valence-corrected chi connectivity index (χ0v) is 16.7. The number of nitrogens with two attached hydrogens (primary N) is 1. The van der Waals surface area contributed by atoms with Crippen molar-refractivity contribution in [1.82, 2.24) is 9.80 Å². The molecule has 0 spiro atoms. The smallest absolute Gasteiger partial charge is 0.242 e. The summed E-state index contributed by atoms with van der Waals surface area (Å²) in [6.07, 6.45) is 5.41. The quantitative estimate of drug-likeness (QED) is 0.833. The molecule has 0 aromatic carbocycles. The molecule has 1 amide bonds.